The van der Waals surface area contributed by atoms with E-state index in [0.29, 0.717) is 19.1 Å². The van der Waals surface area contributed by atoms with Gasteiger partial charge >= 0.3 is 6.01 Å². The largest absolute Gasteiger partial charge is 0.403 e. The molecule has 0 radical (unpaired) electrons. The van der Waals surface area contributed by atoms with E-state index in [1.54, 1.807) is 0 Å². The van der Waals surface area contributed by atoms with Crippen LogP contribution in [0.25, 0.3) is 11.5 Å². The third-order valence-corrected chi connectivity index (χ3v) is 6.42. The van der Waals surface area contributed by atoms with Gasteiger partial charge in [-0.05, 0) is 17.7 Å². The summed E-state index contributed by atoms with van der Waals surface area (Å²) >= 11 is 0. The molecule has 0 unspecified atom stereocenters. The van der Waals surface area contributed by atoms with Crippen molar-refractivity contribution >= 4 is 23.2 Å². The number of hydrogen-bond donors (Lipinski definition) is 1. The second-order valence-corrected chi connectivity index (χ2v) is 8.72. The van der Waals surface area contributed by atoms with Gasteiger partial charge in [0.25, 0.3) is 5.89 Å². The molecule has 0 amide bonds. The van der Waals surface area contributed by atoms with Crippen LogP contribution in [0.3, 0.4) is 0 Å². The molecule has 1 atom stereocenters. The molecule has 0 aliphatic carbocycles. The molecular weight excluding hydrogens is 454 g/mol. The second-order valence-electron chi connectivity index (χ2n) is 8.72. The Labute approximate surface area is 208 Å². The maximum Gasteiger partial charge on any atom is 0.317 e. The zero-order chi connectivity index (χ0) is 24.3. The number of nitrogens with one attached hydrogen (secondary N) is 1. The van der Waals surface area contributed by atoms with Gasteiger partial charge in [0, 0.05) is 36.3 Å². The Bertz CT molecular complexity index is 1410. The van der Waals surface area contributed by atoms with Gasteiger partial charge in [-0.1, -0.05) is 71.8 Å². The normalized spacial score (nSPS) is 17.8. The van der Waals surface area contributed by atoms with Crippen LogP contribution in [0, 0.1) is 0 Å². The predicted molar refractivity (Wildman–Crippen MR) is 137 cm³/mol. The summed E-state index contributed by atoms with van der Waals surface area (Å²) in [7, 11) is 0. The van der Waals surface area contributed by atoms with Crippen LogP contribution in [0.15, 0.2) is 88.3 Å². The summed E-state index contributed by atoms with van der Waals surface area (Å²) in [6.07, 6.45) is -0.593. The lowest BCUT2D eigenvalue weighted by atomic mass is 9.96. The molecule has 3 aromatic carbocycles. The van der Waals surface area contributed by atoms with Crippen molar-refractivity contribution in [2.75, 3.05) is 36.5 Å². The quantitative estimate of drug-likeness (QED) is 0.463. The van der Waals surface area contributed by atoms with Gasteiger partial charge < -0.3 is 19.4 Å². The number of carbonyl (C=O) groups is 1. The Balaban J connectivity index is 1.32. The molecule has 1 saturated heterocycles. The molecule has 1 aromatic heterocycles. The molecule has 36 heavy (non-hydrogen) atoms. The molecule has 2 aliphatic rings. The SMILES string of the molecule is O=C1Cc2ccccc2C(c2ccccc2)=N[C@H]1Nc1nnc(-c2ccccc2N2CCOCC2)o1. The minimum absolute atomic E-state index is 0.0677. The van der Waals surface area contributed by atoms with Crippen LogP contribution in [-0.4, -0.2) is 54.2 Å². The maximum absolute atomic E-state index is 13.2. The third-order valence-electron chi connectivity index (χ3n) is 6.42. The zero-order valence-corrected chi connectivity index (χ0v) is 19.6. The van der Waals surface area contributed by atoms with E-state index >= 15 is 0 Å². The number of fused-ring (bicyclic) bond motifs is 1. The van der Waals surface area contributed by atoms with Crippen LogP contribution in [0.5, 0.6) is 0 Å². The van der Waals surface area contributed by atoms with Crippen molar-refractivity contribution in [2.45, 2.75) is 12.6 Å². The number of Topliss-reactive ketones (excluding diaryl/α,β-unsaturated/α-hetero) is 1. The minimum Gasteiger partial charge on any atom is -0.403 e. The fourth-order valence-electron chi connectivity index (χ4n) is 4.64. The Morgan fingerprint density at radius 1 is 0.833 bits per heavy atom. The van der Waals surface area contributed by atoms with Gasteiger partial charge in [0.1, 0.15) is 0 Å². The zero-order valence-electron chi connectivity index (χ0n) is 19.6. The number of aromatic nitrogens is 2. The van der Waals surface area contributed by atoms with Gasteiger partial charge in [0.2, 0.25) is 0 Å². The molecule has 1 N–H and O–H groups in total. The van der Waals surface area contributed by atoms with Crippen molar-refractivity contribution in [1.29, 1.82) is 0 Å². The average Bonchev–Trinajstić information content (AvgIpc) is 3.35. The van der Waals surface area contributed by atoms with E-state index in [4.69, 9.17) is 14.1 Å². The number of carbonyl (C=O) groups excluding carboxylic acids is 1. The minimum atomic E-state index is -0.851. The molecule has 4 aromatic rings. The molecule has 3 heterocycles. The van der Waals surface area contributed by atoms with Gasteiger partial charge in [-0.25, -0.2) is 0 Å². The summed E-state index contributed by atoms with van der Waals surface area (Å²) in [6, 6.07) is 25.9. The summed E-state index contributed by atoms with van der Waals surface area (Å²) < 4.78 is 11.5. The first-order chi connectivity index (χ1) is 17.8. The van der Waals surface area contributed by atoms with E-state index in [2.05, 4.69) is 20.4 Å². The Hall–Kier alpha value is -4.30. The van der Waals surface area contributed by atoms with E-state index in [1.165, 1.54) is 0 Å². The first kappa shape index (κ1) is 22.2. The number of hydrogen-bond acceptors (Lipinski definition) is 8. The summed E-state index contributed by atoms with van der Waals surface area (Å²) in [4.78, 5) is 20.3. The smallest absolute Gasteiger partial charge is 0.317 e. The monoisotopic (exact) mass is 479 g/mol. The number of para-hydroxylation sites is 1. The fourth-order valence-corrected chi connectivity index (χ4v) is 4.64. The van der Waals surface area contributed by atoms with E-state index in [0.717, 1.165) is 46.7 Å². The van der Waals surface area contributed by atoms with Gasteiger partial charge in [0.15, 0.2) is 11.9 Å². The van der Waals surface area contributed by atoms with Crippen LogP contribution in [0.4, 0.5) is 11.7 Å². The molecule has 180 valence electrons. The van der Waals surface area contributed by atoms with Crippen molar-refractivity contribution < 1.29 is 13.9 Å². The third kappa shape index (κ3) is 4.38. The first-order valence-corrected chi connectivity index (χ1v) is 12.0. The van der Waals surface area contributed by atoms with Crippen LogP contribution in [0.2, 0.25) is 0 Å². The summed E-state index contributed by atoms with van der Waals surface area (Å²) in [6.45, 7) is 2.95. The fraction of sp³-hybridized carbons (Fsp3) is 0.214. The van der Waals surface area contributed by atoms with Crippen molar-refractivity contribution in [3.05, 3.63) is 95.6 Å². The lowest BCUT2D eigenvalue weighted by molar-refractivity contribution is -0.119. The van der Waals surface area contributed by atoms with Crippen molar-refractivity contribution in [3.63, 3.8) is 0 Å². The number of morpholine rings is 1. The summed E-state index contributed by atoms with van der Waals surface area (Å²) in [5.41, 5.74) is 5.45. The highest BCUT2D eigenvalue weighted by Crippen LogP contribution is 2.31. The van der Waals surface area contributed by atoms with Gasteiger partial charge in [-0.2, -0.15) is 0 Å². The molecule has 8 nitrogen and oxygen atoms in total. The van der Waals surface area contributed by atoms with Crippen LogP contribution >= 0.6 is 0 Å². The summed E-state index contributed by atoms with van der Waals surface area (Å²) in [5.74, 6) is 0.318. The maximum atomic E-state index is 13.2. The molecule has 0 spiro atoms. The predicted octanol–water partition coefficient (Wildman–Crippen LogP) is 3.97. The first-order valence-electron chi connectivity index (χ1n) is 12.0. The number of ketones is 1. The van der Waals surface area contributed by atoms with E-state index in [-0.39, 0.29) is 18.2 Å². The summed E-state index contributed by atoms with van der Waals surface area (Å²) in [5, 5.41) is 11.6. The highest BCUT2D eigenvalue weighted by Gasteiger charge is 2.27. The van der Waals surface area contributed by atoms with Crippen molar-refractivity contribution in [2.24, 2.45) is 4.99 Å². The molecule has 8 heteroatoms. The topological polar surface area (TPSA) is 92.9 Å². The number of benzene rings is 3. The standard InChI is InChI=1S/C28H25N5O3/c34-24-18-20-10-4-5-11-21(20)25(19-8-2-1-3-9-19)29-26(24)30-28-32-31-27(36-28)22-12-6-7-13-23(22)33-14-16-35-17-15-33/h1-13,26H,14-18H2,(H,30,32)/t26-/m0/s1. The van der Waals surface area contributed by atoms with Crippen LogP contribution < -0.4 is 10.2 Å². The number of rotatable bonds is 5. The van der Waals surface area contributed by atoms with E-state index in [1.807, 2.05) is 78.9 Å². The number of anilines is 2. The highest BCUT2D eigenvalue weighted by atomic mass is 16.5. The van der Waals surface area contributed by atoms with Crippen molar-refractivity contribution in [3.8, 4) is 11.5 Å². The number of aliphatic imine (C=N–C) groups is 1. The lowest BCUT2D eigenvalue weighted by Crippen LogP contribution is -2.36. The second kappa shape index (κ2) is 9.75. The molecular formula is C28H25N5O3. The van der Waals surface area contributed by atoms with Gasteiger partial charge in [-0.15, -0.1) is 5.10 Å². The highest BCUT2D eigenvalue weighted by molar-refractivity contribution is 6.16. The Morgan fingerprint density at radius 3 is 2.39 bits per heavy atom. The Kier molecular flexibility index (Phi) is 6.01. The van der Waals surface area contributed by atoms with E-state index in [9.17, 15) is 4.79 Å². The molecule has 1 fully saturated rings. The molecule has 0 saturated carbocycles. The number of ether oxygens (including phenoxy) is 1. The van der Waals surface area contributed by atoms with Crippen LogP contribution in [-0.2, 0) is 16.0 Å². The molecule has 6 rings (SSSR count). The lowest BCUT2D eigenvalue weighted by Gasteiger charge is -2.29. The molecule has 2 aliphatic heterocycles. The Morgan fingerprint density at radius 2 is 1.56 bits per heavy atom. The number of nitrogens with zero attached hydrogens (tertiary/aromatic N) is 4. The van der Waals surface area contributed by atoms with Crippen molar-refractivity contribution in [1.82, 2.24) is 10.2 Å². The molecule has 0 bridgehead atoms. The van der Waals surface area contributed by atoms with E-state index < -0.39 is 6.17 Å². The average molecular weight is 480 g/mol. The van der Waals surface area contributed by atoms with Gasteiger partial charge in [-0.3, -0.25) is 9.79 Å². The van der Waals surface area contributed by atoms with Crippen LogP contribution in [0.1, 0.15) is 16.7 Å². The van der Waals surface area contributed by atoms with Gasteiger partial charge in [0.05, 0.1) is 24.5 Å².